The zero-order chi connectivity index (χ0) is 25.1. The number of aromatic nitrogens is 7. The Hall–Kier alpha value is -4.47. The van der Waals surface area contributed by atoms with E-state index in [1.807, 2.05) is 29.3 Å². The number of hydrogen-bond donors (Lipinski definition) is 3. The van der Waals surface area contributed by atoms with Crippen molar-refractivity contribution in [3.63, 3.8) is 0 Å². The Labute approximate surface area is 214 Å². The Morgan fingerprint density at radius 1 is 1.11 bits per heavy atom. The van der Waals surface area contributed by atoms with E-state index in [0.29, 0.717) is 24.1 Å². The largest absolute Gasteiger partial charge is 0.383 e. The van der Waals surface area contributed by atoms with Crippen LogP contribution in [0.15, 0.2) is 43.0 Å². The molecule has 4 N–H and O–H groups in total. The van der Waals surface area contributed by atoms with E-state index in [4.69, 9.17) is 20.8 Å². The molecule has 2 aliphatic heterocycles. The Morgan fingerprint density at radius 3 is 2.95 bits per heavy atom. The fourth-order valence-electron chi connectivity index (χ4n) is 5.46. The average molecular weight is 493 g/mol. The molecule has 0 saturated carbocycles. The van der Waals surface area contributed by atoms with Gasteiger partial charge in [-0.05, 0) is 36.4 Å². The maximum absolute atomic E-state index is 6.39. The first-order valence-corrected chi connectivity index (χ1v) is 12.7. The summed E-state index contributed by atoms with van der Waals surface area (Å²) in [4.78, 5) is 18.5. The second-order valence-electron chi connectivity index (χ2n) is 9.95. The first-order chi connectivity index (χ1) is 18.0. The van der Waals surface area contributed by atoms with Crippen LogP contribution < -0.4 is 16.4 Å². The molecule has 5 aromatic rings. The molecule has 0 radical (unpaired) electrons. The van der Waals surface area contributed by atoms with E-state index in [9.17, 15) is 0 Å². The van der Waals surface area contributed by atoms with E-state index < -0.39 is 0 Å². The predicted octanol–water partition coefficient (Wildman–Crippen LogP) is 4.24. The van der Waals surface area contributed by atoms with Gasteiger partial charge in [0.05, 0.1) is 23.6 Å². The Kier molecular flexibility index (Phi) is 4.88. The summed E-state index contributed by atoms with van der Waals surface area (Å²) in [7, 11) is 0. The average Bonchev–Trinajstić information content (AvgIpc) is 3.46. The van der Waals surface area contributed by atoms with Gasteiger partial charge in [0.25, 0.3) is 0 Å². The highest BCUT2D eigenvalue weighted by Gasteiger charge is 2.22. The van der Waals surface area contributed by atoms with Crippen molar-refractivity contribution in [1.82, 2.24) is 34.3 Å². The van der Waals surface area contributed by atoms with Crippen LogP contribution in [-0.4, -0.2) is 40.8 Å². The molecule has 10 nitrogen and oxygen atoms in total. The molecule has 0 unspecified atom stereocenters. The quantitative estimate of drug-likeness (QED) is 0.342. The highest BCUT2D eigenvalue weighted by Crippen LogP contribution is 2.37. The number of hydrogen-bond acceptors (Lipinski definition) is 8. The molecule has 0 amide bonds. The molecular weight excluding hydrogens is 464 g/mol. The summed E-state index contributed by atoms with van der Waals surface area (Å²) in [6, 6.07) is 6.14. The van der Waals surface area contributed by atoms with E-state index in [1.54, 1.807) is 6.20 Å². The van der Waals surface area contributed by atoms with Gasteiger partial charge in [-0.3, -0.25) is 9.67 Å². The van der Waals surface area contributed by atoms with Gasteiger partial charge in [-0.25, -0.2) is 15.0 Å². The molecular formula is C27H28N10. The van der Waals surface area contributed by atoms with Gasteiger partial charge in [-0.1, -0.05) is 6.92 Å². The number of imidazole rings is 1. The standard InChI is InChI=1S/C27H28N10/c1-15-3-5-30-26-16(2)19(12-32-25(15)26)21-9-17-10-22(31-13-20(17)27(28)33-21)34-23-11-18-4-7-36-8-6-29-24(36)14-37(18)35-23/h6,8-13,15,30H,3-5,7,14H2,1-2H3,(H2,28,33)(H,31,34,35)/t15-/m0/s1. The van der Waals surface area contributed by atoms with E-state index in [0.717, 1.165) is 76.5 Å². The Morgan fingerprint density at radius 2 is 2.03 bits per heavy atom. The van der Waals surface area contributed by atoms with Crippen LogP contribution in [0.5, 0.6) is 0 Å². The summed E-state index contributed by atoms with van der Waals surface area (Å²) in [5, 5.41) is 13.4. The number of nitrogen functional groups attached to an aromatic ring is 1. The van der Waals surface area contributed by atoms with Crippen molar-refractivity contribution in [1.29, 1.82) is 0 Å². The highest BCUT2D eigenvalue weighted by atomic mass is 15.3. The second kappa shape index (κ2) is 8.29. The number of nitrogens with one attached hydrogen (secondary N) is 2. The summed E-state index contributed by atoms with van der Waals surface area (Å²) < 4.78 is 4.19. The lowest BCUT2D eigenvalue weighted by atomic mass is 9.93. The van der Waals surface area contributed by atoms with Gasteiger partial charge >= 0.3 is 0 Å². The van der Waals surface area contributed by atoms with Gasteiger partial charge in [0.1, 0.15) is 17.5 Å². The molecule has 1 atom stereocenters. The van der Waals surface area contributed by atoms with Crippen molar-refractivity contribution in [3.05, 3.63) is 65.8 Å². The van der Waals surface area contributed by atoms with Gasteiger partial charge in [0, 0.05) is 72.9 Å². The molecule has 10 heteroatoms. The molecule has 2 aliphatic rings. The highest BCUT2D eigenvalue weighted by molar-refractivity contribution is 5.95. The normalized spacial score (nSPS) is 16.4. The molecule has 7 heterocycles. The van der Waals surface area contributed by atoms with Crippen molar-refractivity contribution >= 4 is 33.9 Å². The number of fused-ring (bicyclic) bond motifs is 4. The molecule has 7 rings (SSSR count). The topological polar surface area (TPSA) is 124 Å². The predicted molar refractivity (Wildman–Crippen MR) is 144 cm³/mol. The van der Waals surface area contributed by atoms with Gasteiger partial charge in [0.15, 0.2) is 5.82 Å². The molecule has 0 spiro atoms. The number of aryl methyl sites for hydroxylation is 2. The smallest absolute Gasteiger partial charge is 0.153 e. The fourth-order valence-corrected chi connectivity index (χ4v) is 5.46. The molecule has 0 saturated heterocycles. The molecule has 5 aromatic heterocycles. The molecule has 0 aromatic carbocycles. The van der Waals surface area contributed by atoms with Gasteiger partial charge in [0.2, 0.25) is 0 Å². The van der Waals surface area contributed by atoms with Crippen LogP contribution in [-0.2, 0) is 19.5 Å². The molecule has 0 fully saturated rings. The summed E-state index contributed by atoms with van der Waals surface area (Å²) in [6.45, 7) is 6.86. The van der Waals surface area contributed by atoms with Crippen molar-refractivity contribution in [2.75, 3.05) is 22.9 Å². The minimum Gasteiger partial charge on any atom is -0.383 e. The summed E-state index contributed by atoms with van der Waals surface area (Å²) in [5.74, 6) is 3.38. The third-order valence-electron chi connectivity index (χ3n) is 7.56. The van der Waals surface area contributed by atoms with Crippen LogP contribution in [0.2, 0.25) is 0 Å². The molecule has 186 valence electrons. The van der Waals surface area contributed by atoms with E-state index in [1.165, 1.54) is 5.69 Å². The van der Waals surface area contributed by atoms with E-state index >= 15 is 0 Å². The van der Waals surface area contributed by atoms with Crippen LogP contribution in [0.1, 0.15) is 42.0 Å². The van der Waals surface area contributed by atoms with Crippen LogP contribution in [0.4, 0.5) is 23.1 Å². The number of pyridine rings is 3. The maximum Gasteiger partial charge on any atom is 0.153 e. The lowest BCUT2D eigenvalue weighted by Gasteiger charge is -2.25. The van der Waals surface area contributed by atoms with Crippen molar-refractivity contribution in [3.8, 4) is 11.3 Å². The van der Waals surface area contributed by atoms with Gasteiger partial charge < -0.3 is 20.9 Å². The lowest BCUT2D eigenvalue weighted by molar-refractivity contribution is 0.641. The van der Waals surface area contributed by atoms with Crippen molar-refractivity contribution < 1.29 is 0 Å². The van der Waals surface area contributed by atoms with Crippen molar-refractivity contribution in [2.45, 2.75) is 45.7 Å². The van der Waals surface area contributed by atoms with Crippen LogP contribution in [0.3, 0.4) is 0 Å². The summed E-state index contributed by atoms with van der Waals surface area (Å²) in [5.41, 5.74) is 12.7. The number of nitrogens with zero attached hydrogens (tertiary/aromatic N) is 7. The number of rotatable bonds is 3. The summed E-state index contributed by atoms with van der Waals surface area (Å²) >= 11 is 0. The first-order valence-electron chi connectivity index (χ1n) is 12.7. The number of anilines is 4. The van der Waals surface area contributed by atoms with Crippen LogP contribution in [0.25, 0.3) is 22.0 Å². The van der Waals surface area contributed by atoms with Crippen molar-refractivity contribution in [2.24, 2.45) is 0 Å². The minimum absolute atomic E-state index is 0.443. The fraction of sp³-hybridized carbons (Fsp3) is 0.296. The zero-order valence-corrected chi connectivity index (χ0v) is 20.9. The molecule has 0 aliphatic carbocycles. The van der Waals surface area contributed by atoms with E-state index in [2.05, 4.69) is 51.1 Å². The molecule has 37 heavy (non-hydrogen) atoms. The number of nitrogens with two attached hydrogens (primary N) is 1. The SMILES string of the molecule is Cc1c(-c2cc3cc(Nc4cc5n(n4)Cc4nccn4CC5)ncc3c(N)n2)cnc2c1NCC[C@@H]2C. The lowest BCUT2D eigenvalue weighted by Crippen LogP contribution is -2.18. The maximum atomic E-state index is 6.39. The first kappa shape index (κ1) is 21.8. The van der Waals surface area contributed by atoms with Gasteiger partial charge in [-0.2, -0.15) is 5.10 Å². The Balaban J connectivity index is 1.22. The zero-order valence-electron chi connectivity index (χ0n) is 20.9. The monoisotopic (exact) mass is 492 g/mol. The second-order valence-corrected chi connectivity index (χ2v) is 9.95. The molecule has 0 bridgehead atoms. The summed E-state index contributed by atoms with van der Waals surface area (Å²) in [6.07, 6.45) is 9.55. The third kappa shape index (κ3) is 3.67. The van der Waals surface area contributed by atoms with Gasteiger partial charge in [-0.15, -0.1) is 0 Å². The van der Waals surface area contributed by atoms with E-state index in [-0.39, 0.29) is 0 Å². The van der Waals surface area contributed by atoms with Crippen LogP contribution >= 0.6 is 0 Å². The minimum atomic E-state index is 0.443. The Bertz CT molecular complexity index is 1660. The van der Waals surface area contributed by atoms with Crippen LogP contribution in [0, 0.1) is 6.92 Å². The third-order valence-corrected chi connectivity index (χ3v) is 7.56.